The first-order valence-corrected chi connectivity index (χ1v) is 5.98. The summed E-state index contributed by atoms with van der Waals surface area (Å²) >= 11 is 0. The molecule has 0 aliphatic heterocycles. The smallest absolute Gasteiger partial charge is 0.313 e. The highest BCUT2D eigenvalue weighted by Gasteiger charge is 2.21. The Hall–Kier alpha value is -2.09. The number of benzene rings is 2. The van der Waals surface area contributed by atoms with Gasteiger partial charge in [-0.1, -0.05) is 60.7 Å². The number of carbonyl (C=O) groups excluding carboxylic acids is 1. The summed E-state index contributed by atoms with van der Waals surface area (Å²) < 4.78 is 4.90. The van der Waals surface area contributed by atoms with Crippen LogP contribution in [0.25, 0.3) is 0 Å². The van der Waals surface area contributed by atoms with Crippen molar-refractivity contribution in [1.82, 2.24) is 0 Å². The highest BCUT2D eigenvalue weighted by atomic mass is 16.5. The first-order valence-electron chi connectivity index (χ1n) is 5.98. The molecule has 0 radical (unpaired) electrons. The highest BCUT2D eigenvalue weighted by molar-refractivity contribution is 5.78. The molecule has 0 heterocycles. The molecule has 0 N–H and O–H groups in total. The minimum absolute atomic E-state index is 0.190. The fourth-order valence-electron chi connectivity index (χ4n) is 2.01. The predicted molar refractivity (Wildman–Crippen MR) is 71.3 cm³/mol. The molecule has 2 heteroatoms. The van der Waals surface area contributed by atoms with Gasteiger partial charge in [0.1, 0.15) is 0 Å². The molecule has 0 aromatic heterocycles. The van der Waals surface area contributed by atoms with Crippen LogP contribution in [0.4, 0.5) is 0 Å². The van der Waals surface area contributed by atoms with Gasteiger partial charge in [0.05, 0.1) is 13.0 Å². The third kappa shape index (κ3) is 2.98. The minimum atomic E-state index is -0.237. The molecule has 18 heavy (non-hydrogen) atoms. The first-order chi connectivity index (χ1) is 8.81. The zero-order valence-corrected chi connectivity index (χ0v) is 10.4. The number of carbonyl (C=O) groups is 1. The Morgan fingerprint density at radius 2 is 1.56 bits per heavy atom. The van der Waals surface area contributed by atoms with Crippen LogP contribution in [0.5, 0.6) is 0 Å². The van der Waals surface area contributed by atoms with Crippen LogP contribution >= 0.6 is 0 Å². The number of esters is 1. The predicted octanol–water partition coefficient (Wildman–Crippen LogP) is 3.19. The van der Waals surface area contributed by atoms with Crippen LogP contribution in [-0.2, 0) is 16.0 Å². The molecular formula is C16H16O2. The van der Waals surface area contributed by atoms with Crippen LogP contribution in [-0.4, -0.2) is 13.1 Å². The van der Waals surface area contributed by atoms with Gasteiger partial charge in [-0.3, -0.25) is 4.79 Å². The standard InChI is InChI=1S/C16H16O2/c1-18-16(17)15(14-10-6-3-7-11-14)12-13-8-4-2-5-9-13/h2-11,15H,12H2,1H3/t15-/m0/s1. The van der Waals surface area contributed by atoms with E-state index in [9.17, 15) is 4.79 Å². The number of ether oxygens (including phenoxy) is 1. The Kier molecular flexibility index (Phi) is 4.13. The number of methoxy groups -OCH3 is 1. The SMILES string of the molecule is COC(=O)[C@@H](Cc1ccccc1)c1ccccc1. The van der Waals surface area contributed by atoms with Crippen molar-refractivity contribution in [3.05, 3.63) is 71.8 Å². The van der Waals surface area contributed by atoms with Crippen LogP contribution in [0.15, 0.2) is 60.7 Å². The van der Waals surface area contributed by atoms with Gasteiger partial charge in [0, 0.05) is 0 Å². The third-order valence-corrected chi connectivity index (χ3v) is 2.97. The molecule has 1 atom stereocenters. The van der Waals surface area contributed by atoms with Gasteiger partial charge in [-0.05, 0) is 17.5 Å². The highest BCUT2D eigenvalue weighted by Crippen LogP contribution is 2.22. The summed E-state index contributed by atoms with van der Waals surface area (Å²) in [6, 6.07) is 19.7. The van der Waals surface area contributed by atoms with E-state index >= 15 is 0 Å². The molecule has 2 aromatic rings. The van der Waals surface area contributed by atoms with Gasteiger partial charge in [0.15, 0.2) is 0 Å². The van der Waals surface area contributed by atoms with Crippen molar-refractivity contribution in [2.45, 2.75) is 12.3 Å². The number of rotatable bonds is 4. The van der Waals surface area contributed by atoms with E-state index in [2.05, 4.69) is 0 Å². The minimum Gasteiger partial charge on any atom is -0.469 e. The molecule has 92 valence electrons. The van der Waals surface area contributed by atoms with Crippen molar-refractivity contribution < 1.29 is 9.53 Å². The Labute approximate surface area is 107 Å². The molecule has 2 aromatic carbocycles. The topological polar surface area (TPSA) is 26.3 Å². The van der Waals surface area contributed by atoms with Crippen LogP contribution < -0.4 is 0 Å². The Bertz CT molecular complexity index is 491. The van der Waals surface area contributed by atoms with E-state index in [1.807, 2.05) is 60.7 Å². The lowest BCUT2D eigenvalue weighted by molar-refractivity contribution is -0.142. The average Bonchev–Trinajstić information content (AvgIpc) is 2.46. The molecule has 0 amide bonds. The monoisotopic (exact) mass is 240 g/mol. The summed E-state index contributed by atoms with van der Waals surface area (Å²) in [5.41, 5.74) is 2.13. The lowest BCUT2D eigenvalue weighted by Crippen LogP contribution is -2.16. The normalized spacial score (nSPS) is 11.8. The van der Waals surface area contributed by atoms with E-state index in [1.54, 1.807) is 0 Å². The summed E-state index contributed by atoms with van der Waals surface area (Å²) in [6.07, 6.45) is 0.664. The number of hydrogen-bond donors (Lipinski definition) is 0. The Balaban J connectivity index is 2.24. The second-order valence-electron chi connectivity index (χ2n) is 4.18. The van der Waals surface area contributed by atoms with Gasteiger partial charge in [-0.25, -0.2) is 0 Å². The quantitative estimate of drug-likeness (QED) is 0.767. The fourth-order valence-corrected chi connectivity index (χ4v) is 2.01. The zero-order valence-electron chi connectivity index (χ0n) is 10.4. The largest absolute Gasteiger partial charge is 0.469 e. The van der Waals surface area contributed by atoms with Gasteiger partial charge in [0.25, 0.3) is 0 Å². The average molecular weight is 240 g/mol. The molecular weight excluding hydrogens is 224 g/mol. The molecule has 0 aliphatic carbocycles. The molecule has 0 spiro atoms. The molecule has 0 saturated carbocycles. The zero-order chi connectivity index (χ0) is 12.8. The van der Waals surface area contributed by atoms with E-state index < -0.39 is 0 Å². The molecule has 0 aliphatic rings. The molecule has 0 unspecified atom stereocenters. The van der Waals surface area contributed by atoms with E-state index in [0.717, 1.165) is 11.1 Å². The third-order valence-electron chi connectivity index (χ3n) is 2.97. The van der Waals surface area contributed by atoms with Crippen LogP contribution in [0.1, 0.15) is 17.0 Å². The van der Waals surface area contributed by atoms with E-state index in [0.29, 0.717) is 6.42 Å². The lowest BCUT2D eigenvalue weighted by atomic mass is 9.92. The van der Waals surface area contributed by atoms with Crippen molar-refractivity contribution in [1.29, 1.82) is 0 Å². The van der Waals surface area contributed by atoms with E-state index in [4.69, 9.17) is 4.74 Å². The van der Waals surface area contributed by atoms with E-state index in [1.165, 1.54) is 7.11 Å². The summed E-state index contributed by atoms with van der Waals surface area (Å²) in [5, 5.41) is 0. The van der Waals surface area contributed by atoms with Crippen LogP contribution in [0.3, 0.4) is 0 Å². The van der Waals surface area contributed by atoms with Gasteiger partial charge in [0.2, 0.25) is 0 Å². The molecule has 0 bridgehead atoms. The summed E-state index contributed by atoms with van der Waals surface area (Å²) in [4.78, 5) is 11.9. The van der Waals surface area contributed by atoms with Crippen molar-refractivity contribution in [2.24, 2.45) is 0 Å². The molecule has 2 nitrogen and oxygen atoms in total. The maximum atomic E-state index is 11.9. The van der Waals surface area contributed by atoms with Crippen LogP contribution in [0, 0.1) is 0 Å². The van der Waals surface area contributed by atoms with Crippen molar-refractivity contribution in [3.8, 4) is 0 Å². The fraction of sp³-hybridized carbons (Fsp3) is 0.188. The number of hydrogen-bond acceptors (Lipinski definition) is 2. The van der Waals surface area contributed by atoms with Gasteiger partial charge >= 0.3 is 5.97 Å². The van der Waals surface area contributed by atoms with Crippen molar-refractivity contribution in [2.75, 3.05) is 7.11 Å². The molecule has 0 fully saturated rings. The second kappa shape index (κ2) is 6.01. The van der Waals surface area contributed by atoms with Crippen molar-refractivity contribution >= 4 is 5.97 Å². The Morgan fingerprint density at radius 1 is 1.00 bits per heavy atom. The summed E-state index contributed by atoms with van der Waals surface area (Å²) in [7, 11) is 1.43. The maximum Gasteiger partial charge on any atom is 0.313 e. The summed E-state index contributed by atoms with van der Waals surface area (Å²) in [5.74, 6) is -0.427. The van der Waals surface area contributed by atoms with Gasteiger partial charge in [-0.2, -0.15) is 0 Å². The lowest BCUT2D eigenvalue weighted by Gasteiger charge is -2.15. The maximum absolute atomic E-state index is 11.9. The molecule has 2 rings (SSSR count). The van der Waals surface area contributed by atoms with Crippen LogP contribution in [0.2, 0.25) is 0 Å². The van der Waals surface area contributed by atoms with Gasteiger partial charge in [-0.15, -0.1) is 0 Å². The van der Waals surface area contributed by atoms with E-state index in [-0.39, 0.29) is 11.9 Å². The molecule has 0 saturated heterocycles. The Morgan fingerprint density at radius 3 is 2.11 bits per heavy atom. The second-order valence-corrected chi connectivity index (χ2v) is 4.18. The summed E-state index contributed by atoms with van der Waals surface area (Å²) in [6.45, 7) is 0. The first kappa shape index (κ1) is 12.4. The van der Waals surface area contributed by atoms with Crippen molar-refractivity contribution in [3.63, 3.8) is 0 Å². The van der Waals surface area contributed by atoms with Gasteiger partial charge < -0.3 is 4.74 Å².